The van der Waals surface area contributed by atoms with Crippen LogP contribution >= 0.6 is 11.8 Å². The van der Waals surface area contributed by atoms with Gasteiger partial charge in [-0.05, 0) is 67.1 Å². The molecule has 1 N–H and O–H groups in total. The van der Waals surface area contributed by atoms with E-state index in [4.69, 9.17) is 9.47 Å². The molecule has 1 atom stereocenters. The van der Waals surface area contributed by atoms with Gasteiger partial charge in [0.25, 0.3) is 5.91 Å². The molecule has 6 heteroatoms. The highest BCUT2D eigenvalue weighted by molar-refractivity contribution is 8.00. The highest BCUT2D eigenvalue weighted by Gasteiger charge is 2.18. The zero-order valence-electron chi connectivity index (χ0n) is 16.2. The number of nitrogens with one attached hydrogen (secondary N) is 1. The molecule has 2 aromatic carbocycles. The van der Waals surface area contributed by atoms with Crippen molar-refractivity contribution >= 4 is 23.6 Å². The fraction of sp³-hybridized carbons (Fsp3) is 0.364. The molecule has 0 bridgehead atoms. The Morgan fingerprint density at radius 1 is 1.11 bits per heavy atom. The van der Waals surface area contributed by atoms with Crippen LogP contribution in [0, 0.1) is 0 Å². The van der Waals surface area contributed by atoms with Crippen molar-refractivity contribution in [1.82, 2.24) is 5.32 Å². The van der Waals surface area contributed by atoms with Crippen molar-refractivity contribution < 1.29 is 19.1 Å². The van der Waals surface area contributed by atoms with Gasteiger partial charge in [-0.15, -0.1) is 11.8 Å². The summed E-state index contributed by atoms with van der Waals surface area (Å²) >= 11 is 1.44. The minimum atomic E-state index is -0.827. The van der Waals surface area contributed by atoms with Crippen molar-refractivity contribution in [3.05, 3.63) is 59.2 Å². The number of carbonyl (C=O) groups excluding carboxylic acids is 2. The van der Waals surface area contributed by atoms with Gasteiger partial charge in [-0.3, -0.25) is 9.59 Å². The average Bonchev–Trinajstić information content (AvgIpc) is 3.18. The minimum Gasteiger partial charge on any atom is -0.497 e. The third-order valence-electron chi connectivity index (χ3n) is 4.73. The van der Waals surface area contributed by atoms with Gasteiger partial charge in [-0.2, -0.15) is 0 Å². The summed E-state index contributed by atoms with van der Waals surface area (Å²) in [6.07, 6.45) is 2.63. The maximum atomic E-state index is 12.2. The number of fused-ring (bicyclic) bond motifs is 1. The Hall–Kier alpha value is -2.47. The Morgan fingerprint density at radius 3 is 2.61 bits per heavy atom. The van der Waals surface area contributed by atoms with Crippen LogP contribution in [0.4, 0.5) is 0 Å². The van der Waals surface area contributed by atoms with Crippen LogP contribution in [0.1, 0.15) is 30.0 Å². The number of thioether (sulfide) groups is 1. The Bertz CT molecular complexity index is 835. The molecule has 0 aromatic heterocycles. The number of rotatable bonds is 8. The molecule has 28 heavy (non-hydrogen) atoms. The van der Waals surface area contributed by atoms with E-state index in [-0.39, 0.29) is 11.7 Å². The fourth-order valence-corrected chi connectivity index (χ4v) is 3.88. The lowest BCUT2D eigenvalue weighted by molar-refractivity contribution is -0.152. The first-order valence-electron chi connectivity index (χ1n) is 9.40. The van der Waals surface area contributed by atoms with Crippen LogP contribution in [0.2, 0.25) is 0 Å². The van der Waals surface area contributed by atoms with Crippen LogP contribution in [-0.2, 0) is 33.7 Å². The van der Waals surface area contributed by atoms with Gasteiger partial charge < -0.3 is 14.8 Å². The lowest BCUT2D eigenvalue weighted by atomic mass is 10.1. The van der Waals surface area contributed by atoms with Crippen LogP contribution in [0.5, 0.6) is 5.75 Å². The SMILES string of the molecule is COc1ccc(CNC(=O)[C@@H](C)OC(=O)CSc2ccc3c(c2)CCC3)cc1. The second kappa shape index (κ2) is 9.64. The van der Waals surface area contributed by atoms with Crippen LogP contribution in [-0.4, -0.2) is 30.8 Å². The van der Waals surface area contributed by atoms with E-state index in [0.717, 1.165) is 29.1 Å². The van der Waals surface area contributed by atoms with Crippen LogP contribution in [0.15, 0.2) is 47.4 Å². The van der Waals surface area contributed by atoms with Gasteiger partial charge in [-0.1, -0.05) is 18.2 Å². The average molecular weight is 400 g/mol. The van der Waals surface area contributed by atoms with E-state index in [2.05, 4.69) is 17.4 Å². The molecule has 0 heterocycles. The summed E-state index contributed by atoms with van der Waals surface area (Å²) in [5.41, 5.74) is 3.73. The summed E-state index contributed by atoms with van der Waals surface area (Å²) in [5.74, 6) is 0.247. The summed E-state index contributed by atoms with van der Waals surface area (Å²) in [4.78, 5) is 25.3. The number of methoxy groups -OCH3 is 1. The van der Waals surface area contributed by atoms with Gasteiger partial charge in [0.2, 0.25) is 0 Å². The van der Waals surface area contributed by atoms with E-state index < -0.39 is 12.1 Å². The molecule has 0 saturated heterocycles. The van der Waals surface area contributed by atoms with Gasteiger partial charge in [0, 0.05) is 11.4 Å². The molecule has 1 amide bonds. The molecule has 2 aromatic rings. The van der Waals surface area contributed by atoms with Crippen LogP contribution in [0.3, 0.4) is 0 Å². The van der Waals surface area contributed by atoms with E-state index >= 15 is 0 Å². The van der Waals surface area contributed by atoms with Gasteiger partial charge in [0.15, 0.2) is 6.10 Å². The van der Waals surface area contributed by atoms with E-state index in [1.165, 1.54) is 29.3 Å². The third kappa shape index (κ3) is 5.52. The van der Waals surface area contributed by atoms with Gasteiger partial charge in [0.1, 0.15) is 5.75 Å². The van der Waals surface area contributed by atoms with Crippen molar-refractivity contribution in [3.63, 3.8) is 0 Å². The molecule has 0 aliphatic heterocycles. The fourth-order valence-electron chi connectivity index (χ4n) is 3.14. The maximum absolute atomic E-state index is 12.2. The Labute approximate surface area is 169 Å². The van der Waals surface area contributed by atoms with Gasteiger partial charge in [-0.25, -0.2) is 0 Å². The summed E-state index contributed by atoms with van der Waals surface area (Å²) in [6, 6.07) is 13.8. The summed E-state index contributed by atoms with van der Waals surface area (Å²) < 4.78 is 10.4. The molecule has 0 radical (unpaired) electrons. The second-order valence-electron chi connectivity index (χ2n) is 6.77. The van der Waals surface area contributed by atoms with E-state index in [9.17, 15) is 9.59 Å². The number of benzene rings is 2. The Morgan fingerprint density at radius 2 is 1.86 bits per heavy atom. The van der Waals surface area contributed by atoms with Crippen molar-refractivity contribution in [2.75, 3.05) is 12.9 Å². The highest BCUT2D eigenvalue weighted by atomic mass is 32.2. The number of esters is 1. The minimum absolute atomic E-state index is 0.189. The zero-order valence-corrected chi connectivity index (χ0v) is 17.0. The molecule has 5 nitrogen and oxygen atoms in total. The molecule has 0 unspecified atom stereocenters. The first-order valence-corrected chi connectivity index (χ1v) is 10.4. The molecule has 0 fully saturated rings. The van der Waals surface area contributed by atoms with E-state index in [0.29, 0.717) is 6.54 Å². The molecular weight excluding hydrogens is 374 g/mol. The second-order valence-corrected chi connectivity index (χ2v) is 7.82. The predicted molar refractivity (Wildman–Crippen MR) is 110 cm³/mol. The molecule has 148 valence electrons. The first-order chi connectivity index (χ1) is 13.5. The first kappa shape index (κ1) is 20.3. The topological polar surface area (TPSA) is 64.6 Å². The molecule has 0 spiro atoms. The summed E-state index contributed by atoms with van der Waals surface area (Å²) in [5, 5.41) is 2.78. The zero-order chi connectivity index (χ0) is 19.9. The normalized spacial score (nSPS) is 13.5. The molecular formula is C22H25NO4S. The van der Waals surface area contributed by atoms with Crippen molar-refractivity contribution in [2.24, 2.45) is 0 Å². The van der Waals surface area contributed by atoms with E-state index in [1.807, 2.05) is 30.3 Å². The lowest BCUT2D eigenvalue weighted by Crippen LogP contribution is -2.35. The number of ether oxygens (including phenoxy) is 2. The third-order valence-corrected chi connectivity index (χ3v) is 5.70. The van der Waals surface area contributed by atoms with Crippen molar-refractivity contribution in [2.45, 2.75) is 43.7 Å². The lowest BCUT2D eigenvalue weighted by Gasteiger charge is -2.14. The van der Waals surface area contributed by atoms with E-state index in [1.54, 1.807) is 14.0 Å². The van der Waals surface area contributed by atoms with Crippen molar-refractivity contribution in [3.8, 4) is 5.75 Å². The maximum Gasteiger partial charge on any atom is 0.317 e. The monoisotopic (exact) mass is 399 g/mol. The number of carbonyl (C=O) groups is 2. The van der Waals surface area contributed by atoms with Crippen LogP contribution in [0.25, 0.3) is 0 Å². The molecule has 1 aliphatic carbocycles. The number of hydrogen-bond donors (Lipinski definition) is 1. The summed E-state index contributed by atoms with van der Waals surface area (Å²) in [7, 11) is 1.61. The molecule has 0 saturated carbocycles. The Balaban J connectivity index is 1.40. The highest BCUT2D eigenvalue weighted by Crippen LogP contribution is 2.27. The van der Waals surface area contributed by atoms with Crippen molar-refractivity contribution in [1.29, 1.82) is 0 Å². The van der Waals surface area contributed by atoms with Gasteiger partial charge >= 0.3 is 5.97 Å². The summed E-state index contributed by atoms with van der Waals surface area (Å²) in [6.45, 7) is 1.95. The largest absolute Gasteiger partial charge is 0.497 e. The van der Waals surface area contributed by atoms with Gasteiger partial charge in [0.05, 0.1) is 12.9 Å². The standard InChI is InChI=1S/C22H25NO4S/c1-15(22(25)23-13-16-6-9-19(26-2)10-7-16)27-21(24)14-28-20-11-8-17-4-3-5-18(17)12-20/h6-12,15H,3-5,13-14H2,1-2H3,(H,23,25)/t15-/m1/s1. The Kier molecular flexibility index (Phi) is 6.98. The molecule has 3 rings (SSSR count). The smallest absolute Gasteiger partial charge is 0.317 e. The predicted octanol–water partition coefficient (Wildman–Crippen LogP) is 3.52. The van der Waals surface area contributed by atoms with Crippen LogP contribution < -0.4 is 10.1 Å². The number of amides is 1. The quantitative estimate of drug-likeness (QED) is 0.543. The molecule has 1 aliphatic rings. The number of hydrogen-bond acceptors (Lipinski definition) is 5. The number of aryl methyl sites for hydroxylation is 2.